The molecule has 1 saturated carbocycles. The second kappa shape index (κ2) is 8.74. The molecule has 138 valence electrons. The molecule has 1 aliphatic rings. The zero-order valence-electron chi connectivity index (χ0n) is 15.4. The SMILES string of the molecule is COc1ccc(OC)c(NC(=O)C2CCC(C(=O)NC(C)C)CC2)c1. The summed E-state index contributed by atoms with van der Waals surface area (Å²) in [4.78, 5) is 24.7. The summed E-state index contributed by atoms with van der Waals surface area (Å²) < 4.78 is 10.5. The van der Waals surface area contributed by atoms with Crippen molar-refractivity contribution >= 4 is 17.5 Å². The van der Waals surface area contributed by atoms with E-state index in [0.717, 1.165) is 12.8 Å². The van der Waals surface area contributed by atoms with Gasteiger partial charge >= 0.3 is 0 Å². The van der Waals surface area contributed by atoms with E-state index in [1.165, 1.54) is 0 Å². The maximum absolute atomic E-state index is 12.6. The standard InChI is InChI=1S/C19H28N2O4/c1-12(2)20-18(22)13-5-7-14(8-6-13)19(23)21-16-11-15(24-3)9-10-17(16)25-4/h9-14H,5-8H2,1-4H3,(H,20,22)(H,21,23). The topological polar surface area (TPSA) is 76.7 Å². The van der Waals surface area contributed by atoms with Gasteiger partial charge in [0.1, 0.15) is 11.5 Å². The summed E-state index contributed by atoms with van der Waals surface area (Å²) in [6.45, 7) is 3.91. The third-order valence-electron chi connectivity index (χ3n) is 4.56. The maximum atomic E-state index is 12.6. The van der Waals surface area contributed by atoms with Crippen molar-refractivity contribution in [2.24, 2.45) is 11.8 Å². The van der Waals surface area contributed by atoms with Crippen molar-refractivity contribution in [3.8, 4) is 11.5 Å². The van der Waals surface area contributed by atoms with Gasteiger partial charge in [0.05, 0.1) is 19.9 Å². The Balaban J connectivity index is 1.94. The lowest BCUT2D eigenvalue weighted by Gasteiger charge is -2.27. The Bertz CT molecular complexity index is 607. The molecule has 0 radical (unpaired) electrons. The Kier molecular flexibility index (Phi) is 6.67. The number of hydrogen-bond acceptors (Lipinski definition) is 4. The van der Waals surface area contributed by atoms with E-state index in [1.807, 2.05) is 13.8 Å². The molecule has 1 aromatic carbocycles. The number of ether oxygens (including phenoxy) is 2. The Hall–Kier alpha value is -2.24. The normalized spacial score (nSPS) is 20.0. The minimum Gasteiger partial charge on any atom is -0.497 e. The lowest BCUT2D eigenvalue weighted by Crippen LogP contribution is -2.38. The van der Waals surface area contributed by atoms with E-state index >= 15 is 0 Å². The van der Waals surface area contributed by atoms with Gasteiger partial charge < -0.3 is 20.1 Å². The Morgan fingerprint density at radius 2 is 1.60 bits per heavy atom. The summed E-state index contributed by atoms with van der Waals surface area (Å²) in [5, 5.41) is 5.89. The predicted molar refractivity (Wildman–Crippen MR) is 96.9 cm³/mol. The van der Waals surface area contributed by atoms with E-state index in [4.69, 9.17) is 9.47 Å². The predicted octanol–water partition coefficient (Wildman–Crippen LogP) is 2.97. The van der Waals surface area contributed by atoms with Crippen molar-refractivity contribution in [2.45, 2.75) is 45.6 Å². The van der Waals surface area contributed by atoms with E-state index < -0.39 is 0 Å². The molecule has 6 nitrogen and oxygen atoms in total. The summed E-state index contributed by atoms with van der Waals surface area (Å²) in [6.07, 6.45) is 2.92. The number of methoxy groups -OCH3 is 2. The van der Waals surface area contributed by atoms with Crippen LogP contribution in [0.5, 0.6) is 11.5 Å². The van der Waals surface area contributed by atoms with Crippen LogP contribution in [0.2, 0.25) is 0 Å². The van der Waals surface area contributed by atoms with Crippen LogP contribution in [0.1, 0.15) is 39.5 Å². The number of carbonyl (C=O) groups is 2. The van der Waals surface area contributed by atoms with Crippen LogP contribution >= 0.6 is 0 Å². The van der Waals surface area contributed by atoms with Crippen molar-refractivity contribution in [3.63, 3.8) is 0 Å². The molecular weight excluding hydrogens is 320 g/mol. The van der Waals surface area contributed by atoms with Gasteiger partial charge in [0.2, 0.25) is 11.8 Å². The van der Waals surface area contributed by atoms with Crippen molar-refractivity contribution in [1.29, 1.82) is 0 Å². The molecule has 1 aliphatic carbocycles. The Labute approximate surface area is 149 Å². The first-order chi connectivity index (χ1) is 11.9. The number of anilines is 1. The van der Waals surface area contributed by atoms with Gasteiger partial charge in [-0.2, -0.15) is 0 Å². The van der Waals surface area contributed by atoms with Crippen LogP contribution in [0.25, 0.3) is 0 Å². The van der Waals surface area contributed by atoms with Crippen LogP contribution in [0.15, 0.2) is 18.2 Å². The Morgan fingerprint density at radius 3 is 2.12 bits per heavy atom. The molecule has 1 fully saturated rings. The number of hydrogen-bond donors (Lipinski definition) is 2. The van der Waals surface area contributed by atoms with Crippen molar-refractivity contribution in [1.82, 2.24) is 5.32 Å². The minimum absolute atomic E-state index is 0.0119. The van der Waals surface area contributed by atoms with Crippen molar-refractivity contribution in [2.75, 3.05) is 19.5 Å². The highest BCUT2D eigenvalue weighted by Gasteiger charge is 2.30. The fraction of sp³-hybridized carbons (Fsp3) is 0.579. The molecule has 0 unspecified atom stereocenters. The zero-order chi connectivity index (χ0) is 18.4. The number of rotatable bonds is 6. The average Bonchev–Trinajstić information content (AvgIpc) is 2.61. The molecule has 1 aromatic rings. The van der Waals surface area contributed by atoms with E-state index in [9.17, 15) is 9.59 Å². The summed E-state index contributed by atoms with van der Waals surface area (Å²) in [6, 6.07) is 5.45. The molecule has 0 heterocycles. The second-order valence-electron chi connectivity index (χ2n) is 6.77. The van der Waals surface area contributed by atoms with E-state index in [-0.39, 0.29) is 29.7 Å². The van der Waals surface area contributed by atoms with Gasteiger partial charge in [-0.15, -0.1) is 0 Å². The summed E-state index contributed by atoms with van der Waals surface area (Å²) in [7, 11) is 3.15. The van der Waals surface area contributed by atoms with Crippen molar-refractivity contribution in [3.05, 3.63) is 18.2 Å². The van der Waals surface area contributed by atoms with Gasteiger partial charge in [-0.05, 0) is 51.7 Å². The summed E-state index contributed by atoms with van der Waals surface area (Å²) in [5.41, 5.74) is 0.603. The molecule has 0 bridgehead atoms. The minimum atomic E-state index is -0.0843. The summed E-state index contributed by atoms with van der Waals surface area (Å²) in [5.74, 6) is 1.25. The van der Waals surface area contributed by atoms with Crippen LogP contribution in [0.4, 0.5) is 5.69 Å². The molecule has 25 heavy (non-hydrogen) atoms. The van der Waals surface area contributed by atoms with Gasteiger partial charge in [-0.25, -0.2) is 0 Å². The van der Waals surface area contributed by atoms with Crippen molar-refractivity contribution < 1.29 is 19.1 Å². The number of benzene rings is 1. The van der Waals surface area contributed by atoms with E-state index in [1.54, 1.807) is 32.4 Å². The van der Waals surface area contributed by atoms with Gasteiger partial charge in [0.15, 0.2) is 0 Å². The first-order valence-electron chi connectivity index (χ1n) is 8.77. The van der Waals surface area contributed by atoms with Gasteiger partial charge in [-0.3, -0.25) is 9.59 Å². The molecule has 0 atom stereocenters. The molecule has 2 N–H and O–H groups in total. The largest absolute Gasteiger partial charge is 0.497 e. The third kappa shape index (κ3) is 5.11. The first kappa shape index (κ1) is 19.1. The van der Waals surface area contributed by atoms with Crippen LogP contribution < -0.4 is 20.1 Å². The monoisotopic (exact) mass is 348 g/mol. The molecule has 0 spiro atoms. The maximum Gasteiger partial charge on any atom is 0.227 e. The second-order valence-corrected chi connectivity index (χ2v) is 6.77. The molecule has 0 saturated heterocycles. The lowest BCUT2D eigenvalue weighted by atomic mass is 9.81. The first-order valence-corrected chi connectivity index (χ1v) is 8.77. The van der Waals surface area contributed by atoms with E-state index in [2.05, 4.69) is 10.6 Å². The highest BCUT2D eigenvalue weighted by molar-refractivity contribution is 5.94. The zero-order valence-corrected chi connectivity index (χ0v) is 15.4. The molecule has 6 heteroatoms. The highest BCUT2D eigenvalue weighted by Crippen LogP contribution is 2.33. The Morgan fingerprint density at radius 1 is 1.00 bits per heavy atom. The molecule has 2 amide bonds. The highest BCUT2D eigenvalue weighted by atomic mass is 16.5. The summed E-state index contributed by atoms with van der Waals surface area (Å²) >= 11 is 0. The number of amides is 2. The van der Waals surface area contributed by atoms with Gasteiger partial charge in [0, 0.05) is 23.9 Å². The molecule has 0 aliphatic heterocycles. The number of nitrogens with one attached hydrogen (secondary N) is 2. The average molecular weight is 348 g/mol. The van der Waals surface area contributed by atoms with Gasteiger partial charge in [0.25, 0.3) is 0 Å². The van der Waals surface area contributed by atoms with E-state index in [0.29, 0.717) is 30.0 Å². The fourth-order valence-electron chi connectivity index (χ4n) is 3.17. The van der Waals surface area contributed by atoms with Crippen LogP contribution in [-0.4, -0.2) is 32.1 Å². The molecule has 0 aromatic heterocycles. The fourth-order valence-corrected chi connectivity index (χ4v) is 3.17. The van der Waals surface area contributed by atoms with Crippen LogP contribution in [0.3, 0.4) is 0 Å². The molecular formula is C19H28N2O4. The van der Waals surface area contributed by atoms with Crippen LogP contribution in [0, 0.1) is 11.8 Å². The van der Waals surface area contributed by atoms with Crippen LogP contribution in [-0.2, 0) is 9.59 Å². The smallest absolute Gasteiger partial charge is 0.227 e. The van der Waals surface area contributed by atoms with Gasteiger partial charge in [-0.1, -0.05) is 0 Å². The third-order valence-corrected chi connectivity index (χ3v) is 4.56. The molecule has 2 rings (SSSR count). The number of carbonyl (C=O) groups excluding carboxylic acids is 2. The quantitative estimate of drug-likeness (QED) is 0.829. The lowest BCUT2D eigenvalue weighted by molar-refractivity contribution is -0.128.